The smallest absolute Gasteiger partial charge is 0.126 e. The van der Waals surface area contributed by atoms with Crippen LogP contribution in [0.2, 0.25) is 0 Å². The molecule has 2 atom stereocenters. The molecule has 2 rings (SSSR count). The molecule has 0 aromatic heterocycles. The minimum atomic E-state index is -0.138. The lowest BCUT2D eigenvalue weighted by molar-refractivity contribution is 0.491. The molecule has 0 fully saturated rings. The Bertz CT molecular complexity index is 589. The summed E-state index contributed by atoms with van der Waals surface area (Å²) in [5, 5.41) is 3.53. The molecule has 0 aliphatic heterocycles. The minimum absolute atomic E-state index is 0.112. The number of nitrogens with one attached hydrogen (secondary N) is 1. The van der Waals surface area contributed by atoms with Gasteiger partial charge in [0.25, 0.3) is 0 Å². The largest absolute Gasteiger partial charge is 0.304 e. The zero-order chi connectivity index (χ0) is 15.4. The number of hydrogen-bond donors (Lipinski definition) is 1. The Hall–Kier alpha value is -1.67. The molecule has 1 N–H and O–H groups in total. The topological polar surface area (TPSA) is 12.0 Å². The average Bonchev–Trinajstić information content (AvgIpc) is 2.50. The molecule has 2 heteroatoms. The van der Waals surface area contributed by atoms with Gasteiger partial charge in [-0.2, -0.15) is 0 Å². The van der Waals surface area contributed by atoms with Gasteiger partial charge in [0.2, 0.25) is 0 Å². The first-order valence-electron chi connectivity index (χ1n) is 7.62. The molecule has 0 bridgehead atoms. The van der Waals surface area contributed by atoms with Gasteiger partial charge in [0.05, 0.1) is 0 Å². The van der Waals surface area contributed by atoms with Crippen LogP contribution in [0.15, 0.2) is 42.5 Å². The Kier molecular flexibility index (Phi) is 5.13. The second-order valence-corrected chi connectivity index (χ2v) is 5.71. The Morgan fingerprint density at radius 2 is 1.52 bits per heavy atom. The van der Waals surface area contributed by atoms with Crippen LogP contribution < -0.4 is 5.32 Å². The van der Waals surface area contributed by atoms with Crippen molar-refractivity contribution < 1.29 is 4.39 Å². The molecule has 0 spiro atoms. The van der Waals surface area contributed by atoms with Crippen LogP contribution in [-0.2, 0) is 6.42 Å². The van der Waals surface area contributed by atoms with Gasteiger partial charge >= 0.3 is 0 Å². The summed E-state index contributed by atoms with van der Waals surface area (Å²) in [7, 11) is 0. The van der Waals surface area contributed by atoms with Crippen LogP contribution >= 0.6 is 0 Å². The summed E-state index contributed by atoms with van der Waals surface area (Å²) in [4.78, 5) is 0. The van der Waals surface area contributed by atoms with E-state index < -0.39 is 0 Å². The predicted molar refractivity (Wildman–Crippen MR) is 86.9 cm³/mol. The van der Waals surface area contributed by atoms with E-state index in [1.807, 2.05) is 12.1 Å². The van der Waals surface area contributed by atoms with Gasteiger partial charge in [0.1, 0.15) is 5.82 Å². The van der Waals surface area contributed by atoms with Crippen molar-refractivity contribution in [2.75, 3.05) is 0 Å². The summed E-state index contributed by atoms with van der Waals surface area (Å²) in [5.74, 6) is -0.138. The summed E-state index contributed by atoms with van der Waals surface area (Å²) in [6.45, 7) is 8.16. The molecule has 21 heavy (non-hydrogen) atoms. The molecular weight excluding hydrogens is 261 g/mol. The second kappa shape index (κ2) is 6.86. The van der Waals surface area contributed by atoms with Gasteiger partial charge in [-0.1, -0.05) is 43.3 Å². The molecule has 0 radical (unpaired) electrons. The van der Waals surface area contributed by atoms with Gasteiger partial charge in [-0.25, -0.2) is 4.39 Å². The predicted octanol–water partition coefficient (Wildman–Crippen LogP) is 5.11. The highest BCUT2D eigenvalue weighted by Gasteiger charge is 2.12. The standard InChI is InChI=1S/C19H24FN/c1-5-16-7-10-17(11-8-16)14(3)21-15(4)18-9-6-13(2)19(20)12-18/h6-12,14-15,21H,5H2,1-4H3. The van der Waals surface area contributed by atoms with Gasteiger partial charge in [-0.15, -0.1) is 0 Å². The van der Waals surface area contributed by atoms with Gasteiger partial charge in [0, 0.05) is 12.1 Å². The lowest BCUT2D eigenvalue weighted by Crippen LogP contribution is -2.22. The zero-order valence-electron chi connectivity index (χ0n) is 13.3. The lowest BCUT2D eigenvalue weighted by Gasteiger charge is -2.21. The monoisotopic (exact) mass is 285 g/mol. The van der Waals surface area contributed by atoms with Crippen LogP contribution in [0.1, 0.15) is 55.1 Å². The second-order valence-electron chi connectivity index (χ2n) is 5.71. The van der Waals surface area contributed by atoms with Crippen molar-refractivity contribution in [2.24, 2.45) is 0 Å². The molecule has 2 aromatic rings. The molecular formula is C19H24FN. The van der Waals surface area contributed by atoms with E-state index in [0.29, 0.717) is 5.56 Å². The van der Waals surface area contributed by atoms with Crippen molar-refractivity contribution >= 4 is 0 Å². The molecule has 2 aromatic carbocycles. The summed E-state index contributed by atoms with van der Waals surface area (Å²) in [5.41, 5.74) is 4.27. The van der Waals surface area contributed by atoms with Crippen LogP contribution in [-0.4, -0.2) is 0 Å². The third kappa shape index (κ3) is 3.92. The van der Waals surface area contributed by atoms with Crippen molar-refractivity contribution in [3.05, 3.63) is 70.5 Å². The Balaban J connectivity index is 2.06. The molecule has 112 valence electrons. The zero-order valence-corrected chi connectivity index (χ0v) is 13.3. The summed E-state index contributed by atoms with van der Waals surface area (Å²) in [6, 6.07) is 14.5. The lowest BCUT2D eigenvalue weighted by atomic mass is 10.0. The summed E-state index contributed by atoms with van der Waals surface area (Å²) in [6.07, 6.45) is 1.06. The molecule has 0 amide bonds. The van der Waals surface area contributed by atoms with E-state index in [2.05, 4.69) is 50.4 Å². The van der Waals surface area contributed by atoms with Crippen LogP contribution in [0.3, 0.4) is 0 Å². The van der Waals surface area contributed by atoms with E-state index in [0.717, 1.165) is 12.0 Å². The highest BCUT2D eigenvalue weighted by molar-refractivity contribution is 5.27. The highest BCUT2D eigenvalue weighted by atomic mass is 19.1. The molecule has 0 aliphatic rings. The number of benzene rings is 2. The van der Waals surface area contributed by atoms with Crippen molar-refractivity contribution in [2.45, 2.75) is 46.2 Å². The quantitative estimate of drug-likeness (QED) is 0.805. The molecule has 2 unspecified atom stereocenters. The molecule has 0 heterocycles. The fourth-order valence-electron chi connectivity index (χ4n) is 2.49. The molecule has 0 aliphatic carbocycles. The van der Waals surface area contributed by atoms with Crippen molar-refractivity contribution in [1.29, 1.82) is 0 Å². The maximum Gasteiger partial charge on any atom is 0.126 e. The van der Waals surface area contributed by atoms with Crippen LogP contribution in [0.4, 0.5) is 4.39 Å². The van der Waals surface area contributed by atoms with Crippen LogP contribution in [0.5, 0.6) is 0 Å². The van der Waals surface area contributed by atoms with E-state index >= 15 is 0 Å². The maximum absolute atomic E-state index is 13.7. The maximum atomic E-state index is 13.7. The highest BCUT2D eigenvalue weighted by Crippen LogP contribution is 2.21. The SMILES string of the molecule is CCc1ccc(C(C)NC(C)c2ccc(C)c(F)c2)cc1. The number of halogens is 1. The van der Waals surface area contributed by atoms with E-state index in [-0.39, 0.29) is 17.9 Å². The van der Waals surface area contributed by atoms with Gasteiger partial charge in [-0.3, -0.25) is 0 Å². The Labute approximate surface area is 127 Å². The fraction of sp³-hybridized carbons (Fsp3) is 0.368. The average molecular weight is 285 g/mol. The Morgan fingerprint density at radius 1 is 0.952 bits per heavy atom. The van der Waals surface area contributed by atoms with Crippen molar-refractivity contribution in [1.82, 2.24) is 5.32 Å². The van der Waals surface area contributed by atoms with E-state index in [4.69, 9.17) is 0 Å². The van der Waals surface area contributed by atoms with Crippen LogP contribution in [0.25, 0.3) is 0 Å². The summed E-state index contributed by atoms with van der Waals surface area (Å²) >= 11 is 0. The van der Waals surface area contributed by atoms with E-state index in [1.54, 1.807) is 13.0 Å². The number of aryl methyl sites for hydroxylation is 2. The van der Waals surface area contributed by atoms with Gasteiger partial charge < -0.3 is 5.32 Å². The van der Waals surface area contributed by atoms with E-state index in [9.17, 15) is 4.39 Å². The van der Waals surface area contributed by atoms with Crippen molar-refractivity contribution in [3.63, 3.8) is 0 Å². The first kappa shape index (κ1) is 15.7. The molecule has 0 saturated heterocycles. The third-order valence-corrected chi connectivity index (χ3v) is 4.08. The summed E-state index contributed by atoms with van der Waals surface area (Å²) < 4.78 is 13.7. The van der Waals surface area contributed by atoms with E-state index in [1.165, 1.54) is 11.1 Å². The fourth-order valence-corrected chi connectivity index (χ4v) is 2.49. The Morgan fingerprint density at radius 3 is 2.10 bits per heavy atom. The first-order chi connectivity index (χ1) is 10.0. The number of hydrogen-bond acceptors (Lipinski definition) is 1. The molecule has 0 saturated carbocycles. The van der Waals surface area contributed by atoms with Crippen molar-refractivity contribution in [3.8, 4) is 0 Å². The number of rotatable bonds is 5. The normalized spacial score (nSPS) is 14.0. The van der Waals surface area contributed by atoms with Crippen LogP contribution in [0, 0.1) is 12.7 Å². The van der Waals surface area contributed by atoms with Gasteiger partial charge in [0.15, 0.2) is 0 Å². The van der Waals surface area contributed by atoms with Gasteiger partial charge in [-0.05, 0) is 55.5 Å². The first-order valence-corrected chi connectivity index (χ1v) is 7.62. The molecule has 1 nitrogen and oxygen atoms in total. The minimum Gasteiger partial charge on any atom is -0.304 e. The third-order valence-electron chi connectivity index (χ3n) is 4.08.